The number of nitrogens with zero attached hydrogens (tertiary/aromatic N) is 6. The molecule has 35 heavy (non-hydrogen) atoms. The molecular formula is C22H21FN8O4. The van der Waals surface area contributed by atoms with Gasteiger partial charge in [-0.3, -0.25) is 4.79 Å². The van der Waals surface area contributed by atoms with Gasteiger partial charge < -0.3 is 15.2 Å². The molecule has 0 radical (unpaired) electrons. The van der Waals surface area contributed by atoms with E-state index >= 15 is 0 Å². The average Bonchev–Trinajstić information content (AvgIpc) is 3.44. The summed E-state index contributed by atoms with van der Waals surface area (Å²) < 4.78 is 30.3. The molecule has 0 aliphatic carbocycles. The summed E-state index contributed by atoms with van der Waals surface area (Å²) in [5.41, 5.74) is 9.94. The van der Waals surface area contributed by atoms with Crippen molar-refractivity contribution in [1.29, 1.82) is 0 Å². The number of hydrazone groups is 1. The van der Waals surface area contributed by atoms with Gasteiger partial charge in [0.05, 0.1) is 18.5 Å². The molecule has 0 atom stereocenters. The third kappa shape index (κ3) is 5.40. The Kier molecular flexibility index (Phi) is 6.95. The van der Waals surface area contributed by atoms with E-state index in [0.717, 1.165) is 5.56 Å². The standard InChI is InChI=1S/C22H21FN8O4/c1-3-33-18-10-15(6-9-17(18)34-12-14-4-7-16(23)8-5-14)11-25-27-22(32)19-13(2)31(30-26-19)21-20(24)28-35-29-21/h4-11H,3,12H2,1-2H3,(H2,24,28)(H,27,32)/b25-11+. The molecule has 12 nitrogen and oxygen atoms in total. The molecule has 0 aliphatic rings. The SMILES string of the molecule is CCOc1cc(/C=N/NC(=O)c2nnn(-c3nonc3N)c2C)ccc1OCc1ccc(F)cc1. The number of benzene rings is 2. The molecule has 4 aromatic rings. The van der Waals surface area contributed by atoms with Crippen molar-refractivity contribution in [2.75, 3.05) is 12.3 Å². The Morgan fingerprint density at radius 3 is 2.71 bits per heavy atom. The lowest BCUT2D eigenvalue weighted by Crippen LogP contribution is -2.19. The lowest BCUT2D eigenvalue weighted by Gasteiger charge is -2.12. The average molecular weight is 480 g/mol. The number of nitrogen functional groups attached to an aromatic ring is 1. The monoisotopic (exact) mass is 480 g/mol. The maximum Gasteiger partial charge on any atom is 0.293 e. The highest BCUT2D eigenvalue weighted by Gasteiger charge is 2.20. The van der Waals surface area contributed by atoms with Crippen molar-refractivity contribution in [2.45, 2.75) is 20.5 Å². The molecule has 0 saturated heterocycles. The van der Waals surface area contributed by atoms with E-state index in [1.54, 1.807) is 37.3 Å². The molecule has 13 heteroatoms. The van der Waals surface area contributed by atoms with Crippen LogP contribution < -0.4 is 20.6 Å². The van der Waals surface area contributed by atoms with E-state index < -0.39 is 5.91 Å². The van der Waals surface area contributed by atoms with E-state index in [9.17, 15) is 9.18 Å². The fraction of sp³-hybridized carbons (Fsp3) is 0.182. The highest BCUT2D eigenvalue weighted by molar-refractivity contribution is 5.94. The van der Waals surface area contributed by atoms with Crippen LogP contribution in [-0.4, -0.2) is 44.0 Å². The molecule has 1 amide bonds. The van der Waals surface area contributed by atoms with E-state index in [2.05, 4.69) is 35.8 Å². The lowest BCUT2D eigenvalue weighted by molar-refractivity contribution is 0.0949. The van der Waals surface area contributed by atoms with E-state index in [-0.39, 0.29) is 29.8 Å². The second kappa shape index (κ2) is 10.4. The van der Waals surface area contributed by atoms with Crippen molar-refractivity contribution in [2.24, 2.45) is 5.10 Å². The Balaban J connectivity index is 1.41. The molecular weight excluding hydrogens is 459 g/mol. The number of rotatable bonds is 9. The van der Waals surface area contributed by atoms with Crippen LogP contribution in [0.3, 0.4) is 0 Å². The number of aromatic nitrogens is 5. The molecule has 2 aromatic carbocycles. The molecule has 2 aromatic heterocycles. The molecule has 0 fully saturated rings. The third-order valence-electron chi connectivity index (χ3n) is 4.76. The van der Waals surface area contributed by atoms with Crippen molar-refractivity contribution in [3.05, 3.63) is 70.8 Å². The number of halogens is 1. The molecule has 3 N–H and O–H groups in total. The van der Waals surface area contributed by atoms with Gasteiger partial charge in [-0.1, -0.05) is 17.3 Å². The Bertz CT molecular complexity index is 1350. The summed E-state index contributed by atoms with van der Waals surface area (Å²) >= 11 is 0. The van der Waals surface area contributed by atoms with Crippen molar-refractivity contribution in [3.63, 3.8) is 0 Å². The zero-order chi connectivity index (χ0) is 24.8. The van der Waals surface area contributed by atoms with Crippen LogP contribution in [0.1, 0.15) is 34.2 Å². The van der Waals surface area contributed by atoms with Crippen LogP contribution in [0.4, 0.5) is 10.2 Å². The summed E-state index contributed by atoms with van der Waals surface area (Å²) in [6.45, 7) is 4.14. The number of hydrogen-bond donors (Lipinski definition) is 2. The van der Waals surface area contributed by atoms with Crippen LogP contribution >= 0.6 is 0 Å². The first-order valence-electron chi connectivity index (χ1n) is 10.4. The first kappa shape index (κ1) is 23.4. The minimum absolute atomic E-state index is 0.0122. The van der Waals surface area contributed by atoms with Gasteiger partial charge in [0.2, 0.25) is 11.6 Å². The summed E-state index contributed by atoms with van der Waals surface area (Å²) in [7, 11) is 0. The summed E-state index contributed by atoms with van der Waals surface area (Å²) in [5, 5.41) is 18.8. The number of amides is 1. The van der Waals surface area contributed by atoms with Crippen molar-refractivity contribution >= 4 is 17.9 Å². The summed E-state index contributed by atoms with van der Waals surface area (Å²) in [6, 6.07) is 11.2. The maximum atomic E-state index is 13.1. The van der Waals surface area contributed by atoms with Crippen LogP contribution in [0.25, 0.3) is 5.82 Å². The number of carbonyl (C=O) groups is 1. The second-order valence-electron chi connectivity index (χ2n) is 7.16. The van der Waals surface area contributed by atoms with Crippen LogP contribution in [0.5, 0.6) is 11.5 Å². The minimum Gasteiger partial charge on any atom is -0.490 e. The lowest BCUT2D eigenvalue weighted by atomic mass is 10.2. The van der Waals surface area contributed by atoms with Crippen molar-refractivity contribution in [1.82, 2.24) is 30.7 Å². The summed E-state index contributed by atoms with van der Waals surface area (Å²) in [5.74, 6) is 0.273. The number of anilines is 1. The number of ether oxygens (including phenoxy) is 2. The van der Waals surface area contributed by atoms with E-state index in [1.165, 1.54) is 23.0 Å². The smallest absolute Gasteiger partial charge is 0.293 e. The number of nitrogens with one attached hydrogen (secondary N) is 1. The number of carbonyl (C=O) groups excluding carboxylic acids is 1. The zero-order valence-electron chi connectivity index (χ0n) is 18.8. The summed E-state index contributed by atoms with van der Waals surface area (Å²) in [6.07, 6.45) is 1.45. The molecule has 0 aliphatic heterocycles. The van der Waals surface area contributed by atoms with Crippen molar-refractivity contribution in [3.8, 4) is 17.3 Å². The molecule has 0 spiro atoms. The van der Waals surface area contributed by atoms with Gasteiger partial charge in [-0.25, -0.2) is 14.4 Å². The zero-order valence-corrected chi connectivity index (χ0v) is 18.8. The molecule has 0 unspecified atom stereocenters. The van der Waals surface area contributed by atoms with Crippen LogP contribution in [0, 0.1) is 12.7 Å². The number of hydrogen-bond acceptors (Lipinski definition) is 10. The third-order valence-corrected chi connectivity index (χ3v) is 4.76. The van der Waals surface area contributed by atoms with Crippen molar-refractivity contribution < 1.29 is 23.3 Å². The predicted molar refractivity (Wildman–Crippen MR) is 122 cm³/mol. The fourth-order valence-corrected chi connectivity index (χ4v) is 3.03. The van der Waals surface area contributed by atoms with Crippen LogP contribution in [-0.2, 0) is 6.61 Å². The molecule has 0 saturated carbocycles. The molecule has 180 valence electrons. The van der Waals surface area contributed by atoms with E-state index in [1.807, 2.05) is 6.92 Å². The number of nitrogens with two attached hydrogens (primary N) is 1. The van der Waals surface area contributed by atoms with Gasteiger partial charge >= 0.3 is 0 Å². The largest absolute Gasteiger partial charge is 0.490 e. The predicted octanol–water partition coefficient (Wildman–Crippen LogP) is 2.42. The second-order valence-corrected chi connectivity index (χ2v) is 7.16. The van der Waals surface area contributed by atoms with E-state index in [0.29, 0.717) is 29.4 Å². The first-order chi connectivity index (χ1) is 17.0. The van der Waals surface area contributed by atoms with Gasteiger partial charge in [0, 0.05) is 0 Å². The van der Waals surface area contributed by atoms with Gasteiger partial charge in [-0.15, -0.1) is 5.10 Å². The fourth-order valence-electron chi connectivity index (χ4n) is 3.03. The van der Waals surface area contributed by atoms with Crippen LogP contribution in [0.15, 0.2) is 52.2 Å². The van der Waals surface area contributed by atoms with E-state index in [4.69, 9.17) is 15.2 Å². The molecule has 2 heterocycles. The topological polar surface area (TPSA) is 156 Å². The highest BCUT2D eigenvalue weighted by atomic mass is 19.1. The molecule has 0 bridgehead atoms. The Morgan fingerprint density at radius 1 is 1.20 bits per heavy atom. The highest BCUT2D eigenvalue weighted by Crippen LogP contribution is 2.29. The summed E-state index contributed by atoms with van der Waals surface area (Å²) in [4.78, 5) is 12.5. The normalized spacial score (nSPS) is 11.1. The first-order valence-corrected chi connectivity index (χ1v) is 10.4. The Labute approximate surface area is 198 Å². The Hall–Kier alpha value is -4.81. The van der Waals surface area contributed by atoms with Gasteiger partial charge in [-0.2, -0.15) is 9.78 Å². The van der Waals surface area contributed by atoms with Crippen LogP contribution in [0.2, 0.25) is 0 Å². The maximum absolute atomic E-state index is 13.1. The van der Waals surface area contributed by atoms with Gasteiger partial charge in [0.15, 0.2) is 17.2 Å². The van der Waals surface area contributed by atoms with Gasteiger partial charge in [0.25, 0.3) is 5.91 Å². The Morgan fingerprint density at radius 2 is 2.00 bits per heavy atom. The van der Waals surface area contributed by atoms with Gasteiger partial charge in [0.1, 0.15) is 12.4 Å². The molecule has 4 rings (SSSR count). The quantitative estimate of drug-likeness (QED) is 0.271. The van der Waals surface area contributed by atoms with Gasteiger partial charge in [-0.05, 0) is 65.6 Å². The minimum atomic E-state index is -0.579.